The summed E-state index contributed by atoms with van der Waals surface area (Å²) in [4.78, 5) is 99.3. The van der Waals surface area contributed by atoms with Crippen molar-refractivity contribution >= 4 is 159 Å². The SMILES string of the molecule is C1=Cc2cc3ccc(cc4nc(cc5ccc(cc1n2)[nH]5)C=C4)[nH]3.CC1=C(CCC(=O)O)c2cc3[nH]c(cc4nc(cc5[nH]c(cc1n2)c(C)c5C(C)OC(C)C1=C(C)c2cc5[nH]c(cc6nc(cc7[nH]c(cc1n2)c(C)c7CCC(=O)O)C(CCC(=O)O)=C6C)c(C)c5C(C)O)C(C)=C4C(C)O)c(C)c3CCC(=O)O. The number of carbonyl (C=O) groups is 4. The number of aromatic amines is 6. The molecule has 15 heterocycles. The van der Waals surface area contributed by atoms with Gasteiger partial charge in [0.1, 0.15) is 0 Å². The zero-order chi connectivity index (χ0) is 78.7. The third kappa shape index (κ3) is 15.5. The van der Waals surface area contributed by atoms with Gasteiger partial charge in [0, 0.05) is 114 Å². The fraction of sp³-hybridized carbons (Fsp3) is 0.273. The van der Waals surface area contributed by atoms with Gasteiger partial charge in [-0.1, -0.05) is 0 Å². The summed E-state index contributed by atoms with van der Waals surface area (Å²) in [6.07, 6.45) is 5.37. The van der Waals surface area contributed by atoms with E-state index in [1.807, 2.05) is 166 Å². The van der Waals surface area contributed by atoms with Crippen molar-refractivity contribution in [1.29, 1.82) is 0 Å². The summed E-state index contributed by atoms with van der Waals surface area (Å²) in [7, 11) is 0. The Hall–Kier alpha value is -12.4. The molecule has 0 aromatic carbocycles. The van der Waals surface area contributed by atoms with Crippen molar-refractivity contribution in [3.63, 3.8) is 0 Å². The van der Waals surface area contributed by atoms with Gasteiger partial charge in [-0.25, -0.2) is 29.9 Å². The molecule has 9 aromatic heterocycles. The number of aromatic nitrogens is 12. The number of allylic oxidation sites excluding steroid dienone is 6. The lowest BCUT2D eigenvalue weighted by Crippen LogP contribution is -2.14. The molecule has 15 rings (SSSR count). The van der Waals surface area contributed by atoms with E-state index in [1.54, 1.807) is 13.8 Å². The molecule has 23 heteroatoms. The van der Waals surface area contributed by atoms with Crippen LogP contribution in [0.15, 0.2) is 97.1 Å². The maximum atomic E-state index is 12.2. The standard InChI is InChI=1S/C68H74N8O11.C20H14N4/c1-29-41(13-17-61(79)80)53-28-56-44(16-20-64(85)86)32(4)48(72-56)24-59-68(36(8)52(76-59)25-58-65(37(9)77)33(5)49(73-58)21-45(29)69-53)40(12)87-39(11)67-35(7)50-22-46-30(2)42(14-18-62(81)82)54(70-46)27-55-43(15-19-63(83)84)31(3)47(71-55)23-57-66(38(10)78)34(6)51(74-57)26-60(67)75-50;1-2-14-10-16-5-6-18(23-16)12-20-8-7-19(24-20)11-17-4-3-15(22-17)9-13(1)21-14/h21-28,37-40,71-73,75,77-78H,13-20H2,1-12H3,(H,79,80)(H,81,82)(H,83,84)(H,85,86);1-12,21,24H. The number of carboxylic acid groups (broad SMARTS) is 4. The first-order valence-corrected chi connectivity index (χ1v) is 37.2. The molecule has 0 spiro atoms. The molecule has 4 atom stereocenters. The second kappa shape index (κ2) is 30.5. The van der Waals surface area contributed by atoms with Crippen LogP contribution in [-0.2, 0) is 36.8 Å². The molecular weight excluding hydrogens is 1400 g/mol. The molecule has 566 valence electrons. The number of aliphatic carboxylic acids is 4. The maximum Gasteiger partial charge on any atom is 0.303 e. The fourth-order valence-electron chi connectivity index (χ4n) is 16.0. The van der Waals surface area contributed by atoms with Crippen LogP contribution in [0.5, 0.6) is 0 Å². The minimum absolute atomic E-state index is 0.121. The highest BCUT2D eigenvalue weighted by Gasteiger charge is 2.30. The van der Waals surface area contributed by atoms with Crippen molar-refractivity contribution in [3.05, 3.63) is 210 Å². The van der Waals surface area contributed by atoms with Crippen molar-refractivity contribution in [1.82, 2.24) is 59.8 Å². The number of aliphatic hydroxyl groups excluding tert-OH is 2. The lowest BCUT2D eigenvalue weighted by molar-refractivity contribution is -0.138. The Morgan fingerprint density at radius 3 is 1.05 bits per heavy atom. The van der Waals surface area contributed by atoms with Crippen LogP contribution < -0.4 is 0 Å². The largest absolute Gasteiger partial charge is 0.481 e. The average Bonchev–Trinajstić information content (AvgIpc) is 1.62. The minimum Gasteiger partial charge on any atom is -0.481 e. The number of nitrogens with one attached hydrogen (secondary N) is 6. The molecule has 0 fully saturated rings. The Morgan fingerprint density at radius 1 is 0.333 bits per heavy atom. The first kappa shape index (κ1) is 75.4. The van der Waals surface area contributed by atoms with Gasteiger partial charge in [0.05, 0.1) is 92.7 Å². The molecule has 6 aliphatic heterocycles. The highest BCUT2D eigenvalue weighted by atomic mass is 16.5. The van der Waals surface area contributed by atoms with Crippen molar-refractivity contribution in [2.24, 2.45) is 0 Å². The van der Waals surface area contributed by atoms with Gasteiger partial charge in [-0.15, -0.1) is 0 Å². The normalized spacial score (nSPS) is 14.5. The van der Waals surface area contributed by atoms with E-state index in [9.17, 15) is 49.8 Å². The molecular formula is C88H88N12O11. The van der Waals surface area contributed by atoms with E-state index in [0.717, 1.165) is 123 Å². The summed E-state index contributed by atoms with van der Waals surface area (Å²) >= 11 is 0. The summed E-state index contributed by atoms with van der Waals surface area (Å²) in [5, 5.41) is 62.2. The Bertz CT molecular complexity index is 6020. The third-order valence-corrected chi connectivity index (χ3v) is 21.7. The van der Waals surface area contributed by atoms with Crippen LogP contribution >= 0.6 is 0 Å². The third-order valence-electron chi connectivity index (χ3n) is 21.7. The molecule has 4 unspecified atom stereocenters. The van der Waals surface area contributed by atoms with Crippen LogP contribution in [0.1, 0.15) is 219 Å². The number of nitrogens with zero attached hydrogens (tertiary/aromatic N) is 6. The van der Waals surface area contributed by atoms with Gasteiger partial charge in [0.15, 0.2) is 0 Å². The Kier molecular flexibility index (Phi) is 20.7. The van der Waals surface area contributed by atoms with E-state index in [2.05, 4.69) is 64.1 Å². The molecule has 12 N–H and O–H groups in total. The Morgan fingerprint density at radius 2 is 0.649 bits per heavy atom. The highest BCUT2D eigenvalue weighted by Crippen LogP contribution is 2.43. The van der Waals surface area contributed by atoms with Crippen LogP contribution in [0.25, 0.3) is 135 Å². The van der Waals surface area contributed by atoms with Crippen LogP contribution in [0, 0.1) is 27.7 Å². The summed E-state index contributed by atoms with van der Waals surface area (Å²) in [6.45, 7) is 22.9. The molecule has 0 aliphatic carbocycles. The lowest BCUT2D eigenvalue weighted by Gasteiger charge is -2.22. The van der Waals surface area contributed by atoms with E-state index in [-0.39, 0.29) is 51.4 Å². The van der Waals surface area contributed by atoms with E-state index in [0.29, 0.717) is 101 Å². The second-order valence-electron chi connectivity index (χ2n) is 29.3. The van der Waals surface area contributed by atoms with E-state index >= 15 is 0 Å². The summed E-state index contributed by atoms with van der Waals surface area (Å²) in [5.41, 5.74) is 30.3. The molecule has 0 saturated heterocycles. The second-order valence-corrected chi connectivity index (χ2v) is 29.3. The molecule has 0 radical (unpaired) electrons. The van der Waals surface area contributed by atoms with Crippen LogP contribution in [-0.4, -0.2) is 127 Å². The summed E-state index contributed by atoms with van der Waals surface area (Å²) < 4.78 is 7.26. The predicted octanol–water partition coefficient (Wildman–Crippen LogP) is 17.9. The number of aryl methyl sites for hydroxylation is 6. The van der Waals surface area contributed by atoms with Crippen LogP contribution in [0.2, 0.25) is 0 Å². The number of hydrogen-bond donors (Lipinski definition) is 12. The number of H-pyrrole nitrogens is 6. The summed E-state index contributed by atoms with van der Waals surface area (Å²) in [5.74, 6) is -3.81. The molecule has 111 heavy (non-hydrogen) atoms. The van der Waals surface area contributed by atoms with E-state index < -0.39 is 48.3 Å². The van der Waals surface area contributed by atoms with Gasteiger partial charge in [-0.2, -0.15) is 0 Å². The van der Waals surface area contributed by atoms with Crippen molar-refractivity contribution < 1.29 is 54.6 Å². The van der Waals surface area contributed by atoms with Gasteiger partial charge in [0.2, 0.25) is 0 Å². The fourth-order valence-corrected chi connectivity index (χ4v) is 16.0. The van der Waals surface area contributed by atoms with Crippen LogP contribution in [0.4, 0.5) is 0 Å². The average molecular weight is 1490 g/mol. The predicted molar refractivity (Wildman–Crippen MR) is 437 cm³/mol. The van der Waals surface area contributed by atoms with Gasteiger partial charge in [-0.05, 0) is 297 Å². The van der Waals surface area contributed by atoms with Crippen molar-refractivity contribution in [2.75, 3.05) is 0 Å². The number of ether oxygens (including phenoxy) is 1. The first-order chi connectivity index (χ1) is 53.0. The number of fused-ring (bicyclic) bond motifs is 24. The van der Waals surface area contributed by atoms with Crippen molar-refractivity contribution in [3.8, 4) is 0 Å². The smallest absolute Gasteiger partial charge is 0.303 e. The number of rotatable bonds is 18. The molecule has 9 aromatic rings. The summed E-state index contributed by atoms with van der Waals surface area (Å²) in [6, 6.07) is 31.7. The zero-order valence-electron chi connectivity index (χ0n) is 63.9. The zero-order valence-corrected chi connectivity index (χ0v) is 63.9. The number of carboxylic acids is 4. The van der Waals surface area contributed by atoms with Gasteiger partial charge in [0.25, 0.3) is 0 Å². The molecule has 23 nitrogen and oxygen atoms in total. The molecule has 6 aliphatic rings. The number of hydrogen-bond acceptors (Lipinski definition) is 13. The van der Waals surface area contributed by atoms with Gasteiger partial charge < -0.3 is 65.3 Å². The Labute approximate surface area is 638 Å². The van der Waals surface area contributed by atoms with E-state index in [4.69, 9.17) is 24.7 Å². The number of aliphatic hydroxyl groups is 2. The first-order valence-electron chi connectivity index (χ1n) is 37.2. The quantitative estimate of drug-likeness (QED) is 0.0380. The molecule has 0 saturated carbocycles. The van der Waals surface area contributed by atoms with Crippen molar-refractivity contribution in [2.45, 2.75) is 159 Å². The lowest BCUT2D eigenvalue weighted by atomic mass is 9.99. The van der Waals surface area contributed by atoms with Crippen LogP contribution in [0.3, 0.4) is 0 Å². The Balaban J connectivity index is 0.000000357. The van der Waals surface area contributed by atoms with Gasteiger partial charge in [-0.3, -0.25) is 19.2 Å². The monoisotopic (exact) mass is 1490 g/mol. The van der Waals surface area contributed by atoms with Gasteiger partial charge >= 0.3 is 23.9 Å². The van der Waals surface area contributed by atoms with E-state index in [1.165, 1.54) is 0 Å². The topological polar surface area (TPSA) is 371 Å². The molecule has 24 bridgehead atoms. The minimum atomic E-state index is -0.958. The molecule has 0 amide bonds. The highest BCUT2D eigenvalue weighted by molar-refractivity contribution is 5.99. The maximum absolute atomic E-state index is 12.2.